The van der Waals surface area contributed by atoms with Crippen molar-refractivity contribution in [1.82, 2.24) is 10.6 Å². The molecule has 2 fully saturated rings. The highest BCUT2D eigenvalue weighted by Crippen LogP contribution is 2.45. The fourth-order valence-corrected chi connectivity index (χ4v) is 3.74. The van der Waals surface area contributed by atoms with Gasteiger partial charge in [-0.2, -0.15) is 0 Å². The van der Waals surface area contributed by atoms with Gasteiger partial charge in [0.25, 0.3) is 0 Å². The topological polar surface area (TPSA) is 41.1 Å². The van der Waals surface area contributed by atoms with Gasteiger partial charge in [0.15, 0.2) is 0 Å². The number of carbonyl (C=O) groups excluding carboxylic acids is 1. The van der Waals surface area contributed by atoms with E-state index in [1.807, 2.05) is 12.1 Å². The van der Waals surface area contributed by atoms with Crippen LogP contribution in [0.5, 0.6) is 0 Å². The lowest BCUT2D eigenvalue weighted by Crippen LogP contribution is -2.43. The maximum atomic E-state index is 12.0. The van der Waals surface area contributed by atoms with Gasteiger partial charge in [0.2, 0.25) is 5.91 Å². The summed E-state index contributed by atoms with van der Waals surface area (Å²) in [5.74, 6) is 2.09. The predicted molar refractivity (Wildman–Crippen MR) is 80.0 cm³/mol. The molecule has 1 aromatic rings. The maximum Gasteiger partial charge on any atom is 0.238 e. The third kappa shape index (κ3) is 2.87. The van der Waals surface area contributed by atoms with E-state index < -0.39 is 0 Å². The smallest absolute Gasteiger partial charge is 0.238 e. The first kappa shape index (κ1) is 13.6. The fraction of sp³-hybridized carbons (Fsp3) is 0.462. The van der Waals surface area contributed by atoms with E-state index in [-0.39, 0.29) is 18.0 Å². The minimum Gasteiger partial charge on any atom is -0.351 e. The van der Waals surface area contributed by atoms with Crippen molar-refractivity contribution in [1.29, 1.82) is 0 Å². The summed E-state index contributed by atoms with van der Waals surface area (Å²) in [5, 5.41) is 7.43. The van der Waals surface area contributed by atoms with Crippen LogP contribution < -0.4 is 10.6 Å². The van der Waals surface area contributed by atoms with Crippen LogP contribution in [0.25, 0.3) is 0 Å². The number of halogens is 2. The Labute approximate surface area is 126 Å². The summed E-state index contributed by atoms with van der Waals surface area (Å²) in [5.41, 5.74) is 1.04. The Morgan fingerprint density at radius 3 is 3.00 bits per heavy atom. The van der Waals surface area contributed by atoms with Crippen molar-refractivity contribution in [2.45, 2.75) is 24.4 Å². The van der Waals surface area contributed by atoms with Gasteiger partial charge in [0.1, 0.15) is 0 Å². The maximum absolute atomic E-state index is 12.0. The molecule has 0 unspecified atom stereocenters. The Balaban J connectivity index is 1.61. The lowest BCUT2D eigenvalue weighted by molar-refractivity contribution is -0.122. The normalized spacial score (nSPS) is 29.3. The first-order chi connectivity index (χ1) is 9.16. The molecule has 0 spiro atoms. The molecule has 2 aliphatic rings. The molecule has 3 rings (SSSR count). The number of benzene rings is 1. The summed E-state index contributed by atoms with van der Waals surface area (Å²) in [7, 11) is 0. The molecule has 0 radical (unpaired) electrons. The molecule has 19 heavy (non-hydrogen) atoms. The number of nitrogens with one attached hydrogen (secondary N) is 2. The van der Waals surface area contributed by atoms with Crippen molar-refractivity contribution < 1.29 is 4.79 Å². The van der Waals surface area contributed by atoms with Gasteiger partial charge in [-0.3, -0.25) is 10.1 Å². The Kier molecular flexibility index (Phi) is 3.94. The number of hydrogen-bond donors (Lipinski definition) is 2. The molecule has 1 aliphatic heterocycles. The third-order valence-electron chi connectivity index (χ3n) is 3.53. The average molecular weight is 317 g/mol. The van der Waals surface area contributed by atoms with Crippen LogP contribution in [-0.4, -0.2) is 29.6 Å². The van der Waals surface area contributed by atoms with Gasteiger partial charge in [-0.05, 0) is 18.1 Å². The lowest BCUT2D eigenvalue weighted by atomic mass is 10.1. The first-order valence-corrected chi connectivity index (χ1v) is 8.13. The predicted octanol–water partition coefficient (Wildman–Crippen LogP) is 2.63. The SMILES string of the molecule is O=C(N[C@@H]1C[C@H]1c1cccc(Cl)c1Cl)[C@H]1CSCN1. The van der Waals surface area contributed by atoms with Gasteiger partial charge in [-0.15, -0.1) is 11.8 Å². The molecule has 1 saturated carbocycles. The number of amides is 1. The van der Waals surface area contributed by atoms with Crippen molar-refractivity contribution in [2.24, 2.45) is 0 Å². The minimum atomic E-state index is -0.0546. The Hall–Kier alpha value is -0.420. The van der Waals surface area contributed by atoms with Crippen LogP contribution in [0.15, 0.2) is 18.2 Å². The second-order valence-electron chi connectivity index (χ2n) is 4.87. The zero-order valence-corrected chi connectivity index (χ0v) is 12.5. The van der Waals surface area contributed by atoms with E-state index in [4.69, 9.17) is 23.2 Å². The van der Waals surface area contributed by atoms with Crippen LogP contribution in [-0.2, 0) is 4.79 Å². The Bertz CT molecular complexity index is 505. The summed E-state index contributed by atoms with van der Waals surface area (Å²) < 4.78 is 0. The van der Waals surface area contributed by atoms with E-state index in [9.17, 15) is 4.79 Å². The van der Waals surface area contributed by atoms with Crippen LogP contribution in [0.1, 0.15) is 17.9 Å². The van der Waals surface area contributed by atoms with Gasteiger partial charge in [-0.25, -0.2) is 0 Å². The molecule has 102 valence electrons. The summed E-state index contributed by atoms with van der Waals surface area (Å²) >= 11 is 14.0. The molecular formula is C13H14Cl2N2OS. The van der Waals surface area contributed by atoms with Crippen LogP contribution in [0.4, 0.5) is 0 Å². The van der Waals surface area contributed by atoms with Gasteiger partial charge >= 0.3 is 0 Å². The molecule has 0 bridgehead atoms. The number of carbonyl (C=O) groups is 1. The fourth-order valence-electron chi connectivity index (χ4n) is 2.35. The second-order valence-corrected chi connectivity index (χ2v) is 6.69. The first-order valence-electron chi connectivity index (χ1n) is 6.22. The molecule has 3 nitrogen and oxygen atoms in total. The molecular weight excluding hydrogens is 303 g/mol. The molecule has 1 amide bonds. The zero-order chi connectivity index (χ0) is 13.4. The van der Waals surface area contributed by atoms with Crippen LogP contribution in [0.3, 0.4) is 0 Å². The van der Waals surface area contributed by atoms with Gasteiger partial charge in [-0.1, -0.05) is 35.3 Å². The van der Waals surface area contributed by atoms with E-state index in [0.717, 1.165) is 23.6 Å². The van der Waals surface area contributed by atoms with E-state index in [2.05, 4.69) is 10.6 Å². The van der Waals surface area contributed by atoms with Gasteiger partial charge in [0, 0.05) is 23.6 Å². The van der Waals surface area contributed by atoms with Gasteiger partial charge < -0.3 is 5.32 Å². The third-order valence-corrected chi connectivity index (χ3v) is 5.31. The summed E-state index contributed by atoms with van der Waals surface area (Å²) in [6.45, 7) is 0. The molecule has 1 aliphatic carbocycles. The quantitative estimate of drug-likeness (QED) is 0.900. The Morgan fingerprint density at radius 2 is 2.26 bits per heavy atom. The van der Waals surface area contributed by atoms with Crippen molar-refractivity contribution in [3.05, 3.63) is 33.8 Å². The Morgan fingerprint density at radius 1 is 1.42 bits per heavy atom. The molecule has 1 aromatic carbocycles. The molecule has 1 saturated heterocycles. The molecule has 3 atom stereocenters. The van der Waals surface area contributed by atoms with E-state index in [0.29, 0.717) is 16.0 Å². The average Bonchev–Trinajstić information content (AvgIpc) is 2.93. The largest absolute Gasteiger partial charge is 0.351 e. The van der Waals surface area contributed by atoms with E-state index in [1.165, 1.54) is 0 Å². The number of rotatable bonds is 3. The highest BCUT2D eigenvalue weighted by Gasteiger charge is 2.42. The van der Waals surface area contributed by atoms with Crippen molar-refractivity contribution in [3.63, 3.8) is 0 Å². The summed E-state index contributed by atoms with van der Waals surface area (Å²) in [6.07, 6.45) is 0.936. The van der Waals surface area contributed by atoms with Crippen LogP contribution in [0.2, 0.25) is 10.0 Å². The summed E-state index contributed by atoms with van der Waals surface area (Å²) in [4.78, 5) is 12.0. The van der Waals surface area contributed by atoms with Gasteiger partial charge in [0.05, 0.1) is 16.1 Å². The van der Waals surface area contributed by atoms with Crippen LogP contribution in [0, 0.1) is 0 Å². The summed E-state index contributed by atoms with van der Waals surface area (Å²) in [6, 6.07) is 5.80. The molecule has 2 N–H and O–H groups in total. The van der Waals surface area contributed by atoms with E-state index >= 15 is 0 Å². The lowest BCUT2D eigenvalue weighted by Gasteiger charge is -2.11. The number of thioether (sulfide) groups is 1. The monoisotopic (exact) mass is 316 g/mol. The number of hydrogen-bond acceptors (Lipinski definition) is 3. The molecule has 6 heteroatoms. The second kappa shape index (κ2) is 5.52. The van der Waals surface area contributed by atoms with E-state index in [1.54, 1.807) is 17.8 Å². The van der Waals surface area contributed by atoms with Crippen LogP contribution >= 0.6 is 35.0 Å². The highest BCUT2D eigenvalue weighted by molar-refractivity contribution is 7.99. The van der Waals surface area contributed by atoms with Crippen molar-refractivity contribution in [3.8, 4) is 0 Å². The highest BCUT2D eigenvalue weighted by atomic mass is 35.5. The zero-order valence-electron chi connectivity index (χ0n) is 10.2. The minimum absolute atomic E-state index is 0.0546. The van der Waals surface area contributed by atoms with Crippen molar-refractivity contribution >= 4 is 40.9 Å². The molecule has 1 heterocycles. The standard InChI is InChI=1S/C13H14Cl2N2OS/c14-9-3-1-2-7(12(9)15)8-4-10(8)17-13(18)11-5-19-6-16-11/h1-3,8,10-11,16H,4-6H2,(H,17,18)/t8-,10+,11+/m0/s1. The molecule has 0 aromatic heterocycles. The van der Waals surface area contributed by atoms with Crippen molar-refractivity contribution in [2.75, 3.05) is 11.6 Å².